The van der Waals surface area contributed by atoms with Crippen LogP contribution in [-0.2, 0) is 21.2 Å². The van der Waals surface area contributed by atoms with Crippen LogP contribution in [0, 0.1) is 0 Å². The molecular weight excluding hydrogens is 382 g/mol. The van der Waals surface area contributed by atoms with Gasteiger partial charge in [0.2, 0.25) is 10.0 Å². The number of hydrogen-bond donors (Lipinski definition) is 1. The van der Waals surface area contributed by atoms with Crippen molar-refractivity contribution in [3.05, 3.63) is 53.6 Å². The number of rotatable bonds is 4. The fourth-order valence-electron chi connectivity index (χ4n) is 3.48. The summed E-state index contributed by atoms with van der Waals surface area (Å²) in [5, 5.41) is 2.84. The van der Waals surface area contributed by atoms with E-state index in [1.807, 2.05) is 0 Å². The Kier molecular flexibility index (Phi) is 4.46. The third kappa shape index (κ3) is 3.29. The van der Waals surface area contributed by atoms with Gasteiger partial charge in [0.1, 0.15) is 6.61 Å². The molecule has 1 N–H and O–H groups in total. The predicted molar refractivity (Wildman–Crippen MR) is 105 cm³/mol. The summed E-state index contributed by atoms with van der Waals surface area (Å²) in [5.74, 6) is -0.333. The number of cyclic esters (lactones) is 1. The van der Waals surface area contributed by atoms with E-state index < -0.39 is 16.1 Å². The molecular formula is C19H19N3O5S. The van der Waals surface area contributed by atoms with Gasteiger partial charge in [-0.2, -0.15) is 0 Å². The second kappa shape index (κ2) is 6.83. The highest BCUT2D eigenvalue weighted by Gasteiger charge is 2.28. The first-order chi connectivity index (χ1) is 13.3. The van der Waals surface area contributed by atoms with Crippen LogP contribution >= 0.6 is 0 Å². The van der Waals surface area contributed by atoms with E-state index in [2.05, 4.69) is 5.32 Å². The molecule has 1 fully saturated rings. The van der Waals surface area contributed by atoms with Gasteiger partial charge in [-0.05, 0) is 42.3 Å². The van der Waals surface area contributed by atoms with Crippen molar-refractivity contribution in [1.29, 1.82) is 0 Å². The number of anilines is 3. The predicted octanol–water partition coefficient (Wildman–Crippen LogP) is 2.22. The lowest BCUT2D eigenvalue weighted by molar-refractivity contribution is 0.102. The largest absolute Gasteiger partial charge is 0.447 e. The van der Waals surface area contributed by atoms with Gasteiger partial charge in [-0.15, -0.1) is 0 Å². The van der Waals surface area contributed by atoms with Gasteiger partial charge in [-0.1, -0.05) is 12.1 Å². The van der Waals surface area contributed by atoms with Gasteiger partial charge >= 0.3 is 6.09 Å². The smallest absolute Gasteiger partial charge is 0.414 e. The zero-order chi connectivity index (χ0) is 19.9. The lowest BCUT2D eigenvalue weighted by atomic mass is 10.1. The van der Waals surface area contributed by atoms with Crippen LogP contribution in [0.3, 0.4) is 0 Å². The average Bonchev–Trinajstić information content (AvgIpc) is 3.27. The molecule has 0 spiro atoms. The molecule has 0 aliphatic carbocycles. The number of carbonyl (C=O) groups excluding carboxylic acids is 2. The first kappa shape index (κ1) is 18.3. The van der Waals surface area contributed by atoms with Crippen molar-refractivity contribution in [1.82, 2.24) is 0 Å². The van der Waals surface area contributed by atoms with E-state index in [1.165, 1.54) is 15.5 Å². The molecule has 2 aromatic rings. The zero-order valence-corrected chi connectivity index (χ0v) is 16.0. The molecule has 8 nitrogen and oxygen atoms in total. The average molecular weight is 401 g/mol. The van der Waals surface area contributed by atoms with Crippen LogP contribution < -0.4 is 14.5 Å². The zero-order valence-electron chi connectivity index (χ0n) is 15.2. The van der Waals surface area contributed by atoms with E-state index in [-0.39, 0.29) is 5.91 Å². The molecule has 146 valence electrons. The summed E-state index contributed by atoms with van der Waals surface area (Å²) < 4.78 is 30.0. The van der Waals surface area contributed by atoms with Gasteiger partial charge in [0.25, 0.3) is 5.91 Å². The normalized spacial score (nSPS) is 16.1. The van der Waals surface area contributed by atoms with E-state index in [0.717, 1.165) is 5.56 Å². The molecule has 0 atom stereocenters. The van der Waals surface area contributed by atoms with Crippen LogP contribution in [0.1, 0.15) is 15.9 Å². The van der Waals surface area contributed by atoms with Crippen LogP contribution in [0.5, 0.6) is 0 Å². The summed E-state index contributed by atoms with van der Waals surface area (Å²) in [6, 6.07) is 12.0. The molecule has 2 amide bonds. The van der Waals surface area contributed by atoms with Crippen molar-refractivity contribution in [2.75, 3.05) is 40.5 Å². The van der Waals surface area contributed by atoms with E-state index in [0.29, 0.717) is 48.7 Å². The SMILES string of the molecule is CS(=O)(=O)N1CCc2cc(C(=O)Nc3ccccc3N3CCOC3=O)ccc21. The Morgan fingerprint density at radius 2 is 1.89 bits per heavy atom. The van der Waals surface area contributed by atoms with Crippen LogP contribution in [-0.4, -0.2) is 46.4 Å². The molecule has 0 bridgehead atoms. The number of para-hydroxylation sites is 2. The Morgan fingerprint density at radius 1 is 1.11 bits per heavy atom. The van der Waals surface area contributed by atoms with Gasteiger partial charge in [-0.3, -0.25) is 14.0 Å². The van der Waals surface area contributed by atoms with Crippen molar-refractivity contribution in [2.45, 2.75) is 6.42 Å². The monoisotopic (exact) mass is 401 g/mol. The number of fused-ring (bicyclic) bond motifs is 1. The highest BCUT2D eigenvalue weighted by Crippen LogP contribution is 2.32. The van der Waals surface area contributed by atoms with E-state index in [1.54, 1.807) is 42.5 Å². The lowest BCUT2D eigenvalue weighted by Crippen LogP contribution is -2.27. The molecule has 0 unspecified atom stereocenters. The molecule has 2 heterocycles. The van der Waals surface area contributed by atoms with E-state index in [4.69, 9.17) is 4.74 Å². The molecule has 0 saturated carbocycles. The maximum absolute atomic E-state index is 12.8. The minimum atomic E-state index is -3.33. The maximum atomic E-state index is 12.8. The minimum absolute atomic E-state index is 0.308. The molecule has 0 radical (unpaired) electrons. The van der Waals surface area contributed by atoms with Gasteiger partial charge in [0.15, 0.2) is 0 Å². The van der Waals surface area contributed by atoms with Gasteiger partial charge in [-0.25, -0.2) is 13.2 Å². The quantitative estimate of drug-likeness (QED) is 0.847. The van der Waals surface area contributed by atoms with Crippen molar-refractivity contribution < 1.29 is 22.7 Å². The van der Waals surface area contributed by atoms with Crippen molar-refractivity contribution >= 4 is 39.1 Å². The number of ether oxygens (including phenoxy) is 1. The summed E-state index contributed by atoms with van der Waals surface area (Å²) in [6.07, 6.45) is 1.28. The Hall–Kier alpha value is -3.07. The molecule has 9 heteroatoms. The van der Waals surface area contributed by atoms with E-state index in [9.17, 15) is 18.0 Å². The molecule has 0 aromatic heterocycles. The number of hydrogen-bond acceptors (Lipinski definition) is 5. The highest BCUT2D eigenvalue weighted by molar-refractivity contribution is 7.92. The summed E-state index contributed by atoms with van der Waals surface area (Å²) in [6.45, 7) is 1.10. The van der Waals surface area contributed by atoms with Crippen LogP contribution in [0.25, 0.3) is 0 Å². The third-order valence-electron chi connectivity index (χ3n) is 4.80. The highest BCUT2D eigenvalue weighted by atomic mass is 32.2. The first-order valence-electron chi connectivity index (χ1n) is 8.80. The lowest BCUT2D eigenvalue weighted by Gasteiger charge is -2.18. The number of nitrogens with zero attached hydrogens (tertiary/aromatic N) is 2. The molecule has 2 aliphatic rings. The summed E-state index contributed by atoms with van der Waals surface area (Å²) in [4.78, 5) is 26.1. The van der Waals surface area contributed by atoms with Crippen molar-refractivity contribution in [3.63, 3.8) is 0 Å². The maximum Gasteiger partial charge on any atom is 0.414 e. The molecule has 1 saturated heterocycles. The van der Waals surface area contributed by atoms with Gasteiger partial charge < -0.3 is 10.1 Å². The topological polar surface area (TPSA) is 96.0 Å². The Bertz CT molecular complexity index is 1070. The summed E-state index contributed by atoms with van der Waals surface area (Å²) in [7, 11) is -3.33. The van der Waals surface area contributed by atoms with E-state index >= 15 is 0 Å². The Morgan fingerprint density at radius 3 is 2.61 bits per heavy atom. The molecule has 4 rings (SSSR count). The number of sulfonamides is 1. The van der Waals surface area contributed by atoms with Crippen LogP contribution in [0.2, 0.25) is 0 Å². The Balaban J connectivity index is 1.58. The summed E-state index contributed by atoms with van der Waals surface area (Å²) >= 11 is 0. The molecule has 2 aromatic carbocycles. The summed E-state index contributed by atoms with van der Waals surface area (Å²) in [5.41, 5.74) is 2.93. The third-order valence-corrected chi connectivity index (χ3v) is 5.98. The first-order valence-corrected chi connectivity index (χ1v) is 10.6. The molecule has 28 heavy (non-hydrogen) atoms. The molecule has 2 aliphatic heterocycles. The minimum Gasteiger partial charge on any atom is -0.447 e. The van der Waals surface area contributed by atoms with Gasteiger partial charge in [0.05, 0.1) is 29.9 Å². The van der Waals surface area contributed by atoms with Crippen LogP contribution in [0.15, 0.2) is 42.5 Å². The number of nitrogens with one attached hydrogen (secondary N) is 1. The fourth-order valence-corrected chi connectivity index (χ4v) is 4.44. The number of benzene rings is 2. The fraction of sp³-hybridized carbons (Fsp3) is 0.263. The second-order valence-electron chi connectivity index (χ2n) is 6.67. The second-order valence-corrected chi connectivity index (χ2v) is 8.57. The van der Waals surface area contributed by atoms with Crippen molar-refractivity contribution in [3.8, 4) is 0 Å². The Labute approximate surface area is 162 Å². The van der Waals surface area contributed by atoms with Gasteiger partial charge in [0, 0.05) is 12.1 Å². The standard InChI is InChI=1S/C19H19N3O5S/c1-28(25,26)22-9-8-13-12-14(6-7-16(13)22)18(23)20-15-4-2-3-5-17(15)21-10-11-27-19(21)24/h2-7,12H,8-11H2,1H3,(H,20,23). The van der Waals surface area contributed by atoms with Crippen molar-refractivity contribution in [2.24, 2.45) is 0 Å². The van der Waals surface area contributed by atoms with Crippen LogP contribution in [0.4, 0.5) is 21.9 Å². The number of carbonyl (C=O) groups is 2. The number of amides is 2.